The van der Waals surface area contributed by atoms with E-state index in [1.54, 1.807) is 30.5 Å². The van der Waals surface area contributed by atoms with Crippen LogP contribution in [0.1, 0.15) is 29.8 Å². The first kappa shape index (κ1) is 16.9. The Morgan fingerprint density at radius 2 is 1.91 bits per heavy atom. The number of halogens is 1. The molecule has 0 fully saturated rings. The van der Waals surface area contributed by atoms with Gasteiger partial charge in [-0.3, -0.25) is 4.79 Å². The molecule has 0 unspecified atom stereocenters. The van der Waals surface area contributed by atoms with Crippen LogP contribution in [-0.2, 0) is 6.42 Å². The van der Waals surface area contributed by atoms with Crippen LogP contribution >= 0.6 is 0 Å². The van der Waals surface area contributed by atoms with Crippen molar-refractivity contribution < 1.29 is 9.18 Å². The number of carbonyl (C=O) groups is 1. The average molecular weight is 315 g/mol. The largest absolute Gasteiger partial charge is 0.370 e. The van der Waals surface area contributed by atoms with Crippen molar-refractivity contribution in [2.45, 2.75) is 20.3 Å². The molecule has 1 aromatic heterocycles. The first-order valence-corrected chi connectivity index (χ1v) is 7.77. The van der Waals surface area contributed by atoms with Crippen LogP contribution in [0.5, 0.6) is 0 Å². The number of benzene rings is 1. The molecule has 0 aliphatic carbocycles. The van der Waals surface area contributed by atoms with E-state index in [4.69, 9.17) is 0 Å². The van der Waals surface area contributed by atoms with Gasteiger partial charge in [0.15, 0.2) is 0 Å². The Kier molecular flexibility index (Phi) is 6.09. The molecule has 2 aromatic rings. The maximum absolute atomic E-state index is 12.8. The molecule has 1 heterocycles. The van der Waals surface area contributed by atoms with E-state index in [-0.39, 0.29) is 11.7 Å². The number of anilines is 1. The van der Waals surface area contributed by atoms with Crippen molar-refractivity contribution in [1.29, 1.82) is 0 Å². The predicted octanol–water partition coefficient (Wildman–Crippen LogP) is 3.26. The zero-order chi connectivity index (χ0) is 16.7. The highest BCUT2D eigenvalue weighted by Crippen LogP contribution is 2.07. The summed E-state index contributed by atoms with van der Waals surface area (Å²) in [7, 11) is 0. The number of aromatic nitrogens is 1. The number of rotatable bonds is 7. The number of nitrogens with one attached hydrogen (secondary N) is 2. The topological polar surface area (TPSA) is 54.0 Å². The number of nitrogens with zero attached hydrogens (tertiary/aromatic N) is 1. The van der Waals surface area contributed by atoms with Crippen molar-refractivity contribution in [1.82, 2.24) is 10.3 Å². The van der Waals surface area contributed by atoms with Crippen LogP contribution < -0.4 is 10.6 Å². The van der Waals surface area contributed by atoms with E-state index in [1.807, 2.05) is 0 Å². The summed E-state index contributed by atoms with van der Waals surface area (Å²) in [6.45, 7) is 5.58. The van der Waals surface area contributed by atoms with Gasteiger partial charge in [-0.15, -0.1) is 0 Å². The minimum Gasteiger partial charge on any atom is -0.370 e. The van der Waals surface area contributed by atoms with E-state index >= 15 is 0 Å². The summed E-state index contributed by atoms with van der Waals surface area (Å²) < 4.78 is 12.8. The molecule has 2 rings (SSSR count). The van der Waals surface area contributed by atoms with E-state index in [1.165, 1.54) is 12.1 Å². The number of hydrogen-bond acceptors (Lipinski definition) is 3. The van der Waals surface area contributed by atoms with Gasteiger partial charge in [-0.2, -0.15) is 0 Å². The van der Waals surface area contributed by atoms with Gasteiger partial charge < -0.3 is 10.6 Å². The monoisotopic (exact) mass is 315 g/mol. The Morgan fingerprint density at radius 3 is 2.52 bits per heavy atom. The van der Waals surface area contributed by atoms with E-state index < -0.39 is 0 Å². The molecule has 0 spiro atoms. The van der Waals surface area contributed by atoms with E-state index in [9.17, 15) is 9.18 Å². The zero-order valence-corrected chi connectivity index (χ0v) is 13.5. The standard InChI is InChI=1S/C18H22FN3O/c1-13(2)11-21-17-8-5-15(12-22-17)18(23)20-10-9-14-3-6-16(19)7-4-14/h3-8,12-13H,9-11H2,1-2H3,(H,20,23)(H,21,22). The first-order valence-electron chi connectivity index (χ1n) is 7.77. The molecule has 2 N–H and O–H groups in total. The molecule has 0 aliphatic rings. The van der Waals surface area contributed by atoms with Gasteiger partial charge in [0.05, 0.1) is 5.56 Å². The van der Waals surface area contributed by atoms with Crippen LogP contribution in [0, 0.1) is 11.7 Å². The Hall–Kier alpha value is -2.43. The molecule has 0 radical (unpaired) electrons. The highest BCUT2D eigenvalue weighted by Gasteiger charge is 2.06. The Labute approximate surface area is 136 Å². The third kappa shape index (κ3) is 5.70. The molecule has 1 amide bonds. The maximum Gasteiger partial charge on any atom is 0.252 e. The van der Waals surface area contributed by atoms with Crippen LogP contribution in [0.4, 0.5) is 10.2 Å². The molecule has 4 nitrogen and oxygen atoms in total. The molecule has 23 heavy (non-hydrogen) atoms. The third-order valence-electron chi connectivity index (χ3n) is 3.33. The molecule has 1 aromatic carbocycles. The molecular weight excluding hydrogens is 293 g/mol. The summed E-state index contributed by atoms with van der Waals surface area (Å²) in [5, 5.41) is 6.04. The Morgan fingerprint density at radius 1 is 1.17 bits per heavy atom. The zero-order valence-electron chi connectivity index (χ0n) is 13.5. The van der Waals surface area contributed by atoms with Crippen molar-refractivity contribution in [2.75, 3.05) is 18.4 Å². The van der Waals surface area contributed by atoms with Crippen LogP contribution in [0.25, 0.3) is 0 Å². The smallest absolute Gasteiger partial charge is 0.252 e. The fraction of sp³-hybridized carbons (Fsp3) is 0.333. The minimum atomic E-state index is -0.255. The van der Waals surface area contributed by atoms with Crippen LogP contribution in [0.15, 0.2) is 42.6 Å². The quantitative estimate of drug-likeness (QED) is 0.824. The van der Waals surface area contributed by atoms with Crippen molar-refractivity contribution in [3.63, 3.8) is 0 Å². The second kappa shape index (κ2) is 8.27. The fourth-order valence-electron chi connectivity index (χ4n) is 2.01. The number of carbonyl (C=O) groups excluding carboxylic acids is 1. The molecule has 0 saturated carbocycles. The SMILES string of the molecule is CC(C)CNc1ccc(C(=O)NCCc2ccc(F)cc2)cn1. The fourth-order valence-corrected chi connectivity index (χ4v) is 2.01. The van der Waals surface area contributed by atoms with E-state index in [0.717, 1.165) is 17.9 Å². The lowest BCUT2D eigenvalue weighted by Gasteiger charge is -2.09. The van der Waals surface area contributed by atoms with Crippen molar-refractivity contribution in [2.24, 2.45) is 5.92 Å². The summed E-state index contributed by atoms with van der Waals surface area (Å²) in [6, 6.07) is 9.84. The van der Waals surface area contributed by atoms with Crippen molar-refractivity contribution in [3.8, 4) is 0 Å². The minimum absolute atomic E-state index is 0.157. The number of hydrogen-bond donors (Lipinski definition) is 2. The Balaban J connectivity index is 1.80. The van der Waals surface area contributed by atoms with E-state index in [0.29, 0.717) is 24.4 Å². The molecule has 0 atom stereocenters. The summed E-state index contributed by atoms with van der Waals surface area (Å²) in [6.07, 6.45) is 2.23. The average Bonchev–Trinajstić information content (AvgIpc) is 2.55. The molecule has 5 heteroatoms. The second-order valence-corrected chi connectivity index (χ2v) is 5.84. The lowest BCUT2D eigenvalue weighted by Crippen LogP contribution is -2.25. The van der Waals surface area contributed by atoms with E-state index in [2.05, 4.69) is 29.5 Å². The first-order chi connectivity index (χ1) is 11.0. The van der Waals surface area contributed by atoms with Crippen molar-refractivity contribution in [3.05, 3.63) is 59.5 Å². The molecule has 122 valence electrons. The van der Waals surface area contributed by atoms with Gasteiger partial charge >= 0.3 is 0 Å². The lowest BCUT2D eigenvalue weighted by molar-refractivity contribution is 0.0954. The highest BCUT2D eigenvalue weighted by molar-refractivity contribution is 5.94. The third-order valence-corrected chi connectivity index (χ3v) is 3.33. The summed E-state index contributed by atoms with van der Waals surface area (Å²) in [4.78, 5) is 16.3. The van der Waals surface area contributed by atoms with Gasteiger partial charge in [0.25, 0.3) is 5.91 Å². The van der Waals surface area contributed by atoms with Gasteiger partial charge in [0.2, 0.25) is 0 Å². The molecule has 0 aliphatic heterocycles. The van der Waals surface area contributed by atoms with Gasteiger partial charge in [-0.1, -0.05) is 26.0 Å². The maximum atomic E-state index is 12.8. The van der Waals surface area contributed by atoms with Gasteiger partial charge in [-0.25, -0.2) is 9.37 Å². The van der Waals surface area contributed by atoms with Gasteiger partial charge in [0.1, 0.15) is 11.6 Å². The molecular formula is C18H22FN3O. The Bertz CT molecular complexity index is 624. The normalized spacial score (nSPS) is 10.6. The van der Waals surface area contributed by atoms with Crippen molar-refractivity contribution >= 4 is 11.7 Å². The predicted molar refractivity (Wildman–Crippen MR) is 90.0 cm³/mol. The second-order valence-electron chi connectivity index (χ2n) is 5.84. The summed E-state index contributed by atoms with van der Waals surface area (Å²) in [5.41, 5.74) is 1.51. The van der Waals surface area contributed by atoms with Gasteiger partial charge in [0, 0.05) is 19.3 Å². The van der Waals surface area contributed by atoms with Crippen LogP contribution in [0.3, 0.4) is 0 Å². The molecule has 0 bridgehead atoms. The summed E-state index contributed by atoms with van der Waals surface area (Å²) >= 11 is 0. The highest BCUT2D eigenvalue weighted by atomic mass is 19.1. The number of pyridine rings is 1. The van der Waals surface area contributed by atoms with Crippen LogP contribution in [-0.4, -0.2) is 24.0 Å². The summed E-state index contributed by atoms with van der Waals surface area (Å²) in [5.74, 6) is 0.887. The molecule has 0 saturated heterocycles. The number of amides is 1. The van der Waals surface area contributed by atoms with Gasteiger partial charge in [-0.05, 0) is 42.2 Å². The van der Waals surface area contributed by atoms with Crippen LogP contribution in [0.2, 0.25) is 0 Å². The lowest BCUT2D eigenvalue weighted by atomic mass is 10.1.